The molecule has 0 rings (SSSR count). The van der Waals surface area contributed by atoms with Crippen LogP contribution in [-0.4, -0.2) is 18.3 Å². The maximum atomic E-state index is 5.56. The van der Waals surface area contributed by atoms with E-state index in [4.69, 9.17) is 22.1 Å². The standard InChI is InChI=1S/C10H21O2S/c1-4-7-9(11-6-3)12-10(13)8-5-2/h9-10H,4-8H2,1-3H3. The summed E-state index contributed by atoms with van der Waals surface area (Å²) in [4.78, 5) is 0. The van der Waals surface area contributed by atoms with Gasteiger partial charge in [-0.05, 0) is 19.8 Å². The smallest absolute Gasteiger partial charge is 0.159 e. The minimum absolute atomic E-state index is 0.0897. The fourth-order valence-electron chi connectivity index (χ4n) is 1.09. The summed E-state index contributed by atoms with van der Waals surface area (Å²) >= 11 is 5.14. The average Bonchev–Trinajstić information content (AvgIpc) is 2.05. The van der Waals surface area contributed by atoms with Crippen molar-refractivity contribution in [1.29, 1.82) is 0 Å². The van der Waals surface area contributed by atoms with Gasteiger partial charge in [-0.15, -0.1) is 0 Å². The molecule has 0 amide bonds. The lowest BCUT2D eigenvalue weighted by Gasteiger charge is -2.20. The monoisotopic (exact) mass is 205 g/mol. The molecular formula is C10H21O2S. The molecule has 0 aliphatic rings. The van der Waals surface area contributed by atoms with E-state index in [0.717, 1.165) is 25.7 Å². The molecule has 2 nitrogen and oxygen atoms in total. The Balaban J connectivity index is 3.64. The highest BCUT2D eigenvalue weighted by molar-refractivity contribution is 7.80. The van der Waals surface area contributed by atoms with E-state index in [1.807, 2.05) is 6.92 Å². The molecule has 0 aromatic heterocycles. The Morgan fingerprint density at radius 1 is 1.08 bits per heavy atom. The third-order valence-corrected chi connectivity index (χ3v) is 2.05. The SMILES string of the molecule is CCCC([S])OC(CCC)OCC. The molecule has 0 bridgehead atoms. The van der Waals surface area contributed by atoms with Gasteiger partial charge in [0.05, 0.1) is 0 Å². The molecule has 0 aromatic rings. The molecule has 0 N–H and O–H groups in total. The summed E-state index contributed by atoms with van der Waals surface area (Å²) in [6, 6.07) is 0. The topological polar surface area (TPSA) is 18.5 Å². The molecule has 2 unspecified atom stereocenters. The van der Waals surface area contributed by atoms with Crippen LogP contribution >= 0.6 is 12.6 Å². The molecule has 0 aliphatic heterocycles. The summed E-state index contributed by atoms with van der Waals surface area (Å²) < 4.78 is 11.0. The Morgan fingerprint density at radius 2 is 1.69 bits per heavy atom. The maximum absolute atomic E-state index is 5.56. The lowest BCUT2D eigenvalue weighted by atomic mass is 10.3. The van der Waals surface area contributed by atoms with Gasteiger partial charge in [0, 0.05) is 6.61 Å². The van der Waals surface area contributed by atoms with Crippen molar-refractivity contribution >= 4 is 12.6 Å². The van der Waals surface area contributed by atoms with E-state index in [1.165, 1.54) is 0 Å². The van der Waals surface area contributed by atoms with Crippen molar-refractivity contribution in [2.24, 2.45) is 0 Å². The van der Waals surface area contributed by atoms with Crippen LogP contribution in [-0.2, 0) is 9.47 Å². The maximum Gasteiger partial charge on any atom is 0.159 e. The molecule has 13 heavy (non-hydrogen) atoms. The number of rotatable bonds is 8. The summed E-state index contributed by atoms with van der Waals surface area (Å²) in [6.45, 7) is 6.90. The third kappa shape index (κ3) is 7.35. The Morgan fingerprint density at radius 3 is 2.15 bits per heavy atom. The van der Waals surface area contributed by atoms with Crippen LogP contribution in [0.4, 0.5) is 0 Å². The predicted octanol–water partition coefficient (Wildman–Crippen LogP) is 3.49. The van der Waals surface area contributed by atoms with Crippen molar-refractivity contribution in [3.63, 3.8) is 0 Å². The van der Waals surface area contributed by atoms with Gasteiger partial charge in [-0.1, -0.05) is 39.3 Å². The fraction of sp³-hybridized carbons (Fsp3) is 1.00. The Kier molecular flexibility index (Phi) is 9.03. The molecule has 0 aromatic carbocycles. The van der Waals surface area contributed by atoms with Crippen molar-refractivity contribution in [3.8, 4) is 0 Å². The van der Waals surface area contributed by atoms with Crippen LogP contribution in [0.1, 0.15) is 46.5 Å². The molecule has 0 saturated carbocycles. The molecular weight excluding hydrogens is 184 g/mol. The first kappa shape index (κ1) is 13.3. The number of hydrogen-bond donors (Lipinski definition) is 0. The highest BCUT2D eigenvalue weighted by atomic mass is 32.1. The molecule has 3 heteroatoms. The second-order valence-corrected chi connectivity index (χ2v) is 3.55. The summed E-state index contributed by atoms with van der Waals surface area (Å²) in [5, 5.41) is 0. The largest absolute Gasteiger partial charge is 0.353 e. The quantitative estimate of drug-likeness (QED) is 0.565. The molecule has 0 spiro atoms. The summed E-state index contributed by atoms with van der Waals surface area (Å²) in [7, 11) is 0. The normalized spacial score (nSPS) is 15.7. The lowest BCUT2D eigenvalue weighted by Crippen LogP contribution is -2.21. The van der Waals surface area contributed by atoms with E-state index in [9.17, 15) is 0 Å². The molecule has 0 fully saturated rings. The van der Waals surface area contributed by atoms with Gasteiger partial charge in [-0.3, -0.25) is 0 Å². The van der Waals surface area contributed by atoms with Crippen LogP contribution in [0.25, 0.3) is 0 Å². The van der Waals surface area contributed by atoms with Crippen molar-refractivity contribution < 1.29 is 9.47 Å². The van der Waals surface area contributed by atoms with E-state index in [-0.39, 0.29) is 11.7 Å². The zero-order chi connectivity index (χ0) is 10.1. The van der Waals surface area contributed by atoms with Crippen LogP contribution in [0, 0.1) is 0 Å². The minimum Gasteiger partial charge on any atom is -0.353 e. The van der Waals surface area contributed by atoms with Gasteiger partial charge in [0.1, 0.15) is 5.44 Å². The van der Waals surface area contributed by atoms with Crippen molar-refractivity contribution in [3.05, 3.63) is 0 Å². The van der Waals surface area contributed by atoms with Crippen molar-refractivity contribution in [1.82, 2.24) is 0 Å². The summed E-state index contributed by atoms with van der Waals surface area (Å²) in [6.07, 6.45) is 3.91. The van der Waals surface area contributed by atoms with Gasteiger partial charge < -0.3 is 9.47 Å². The number of ether oxygens (including phenoxy) is 2. The van der Waals surface area contributed by atoms with E-state index in [0.29, 0.717) is 6.61 Å². The van der Waals surface area contributed by atoms with Gasteiger partial charge >= 0.3 is 0 Å². The van der Waals surface area contributed by atoms with Crippen LogP contribution in [0.3, 0.4) is 0 Å². The third-order valence-electron chi connectivity index (χ3n) is 1.70. The molecule has 0 saturated heterocycles. The summed E-state index contributed by atoms with van der Waals surface area (Å²) in [5.74, 6) is 0. The highest BCUT2D eigenvalue weighted by Crippen LogP contribution is 2.13. The Bertz CT molecular complexity index is 103. The molecule has 1 radical (unpaired) electrons. The first-order valence-corrected chi connectivity index (χ1v) is 5.64. The van der Waals surface area contributed by atoms with Crippen LogP contribution < -0.4 is 0 Å². The number of hydrogen-bond acceptors (Lipinski definition) is 2. The fourth-order valence-corrected chi connectivity index (χ4v) is 1.44. The second kappa shape index (κ2) is 8.85. The van der Waals surface area contributed by atoms with E-state index in [2.05, 4.69) is 13.8 Å². The second-order valence-electron chi connectivity index (χ2n) is 3.03. The summed E-state index contributed by atoms with van der Waals surface area (Å²) in [5.41, 5.74) is -0.0897. The Hall–Kier alpha value is 0.270. The Labute approximate surface area is 87.4 Å². The van der Waals surface area contributed by atoms with E-state index < -0.39 is 0 Å². The molecule has 0 heterocycles. The molecule has 2 atom stereocenters. The predicted molar refractivity (Wildman–Crippen MR) is 57.7 cm³/mol. The molecule has 79 valence electrons. The van der Waals surface area contributed by atoms with Crippen molar-refractivity contribution in [2.75, 3.05) is 6.61 Å². The van der Waals surface area contributed by atoms with Gasteiger partial charge in [0.2, 0.25) is 0 Å². The van der Waals surface area contributed by atoms with Crippen LogP contribution in [0.15, 0.2) is 0 Å². The van der Waals surface area contributed by atoms with Gasteiger partial charge in [0.15, 0.2) is 6.29 Å². The first-order chi connectivity index (χ1) is 6.24. The lowest BCUT2D eigenvalue weighted by molar-refractivity contribution is -0.151. The van der Waals surface area contributed by atoms with Gasteiger partial charge in [-0.25, -0.2) is 0 Å². The zero-order valence-electron chi connectivity index (χ0n) is 8.91. The highest BCUT2D eigenvalue weighted by Gasteiger charge is 2.12. The average molecular weight is 205 g/mol. The van der Waals surface area contributed by atoms with Gasteiger partial charge in [0.25, 0.3) is 0 Å². The van der Waals surface area contributed by atoms with Crippen LogP contribution in [0.2, 0.25) is 0 Å². The van der Waals surface area contributed by atoms with Crippen LogP contribution in [0.5, 0.6) is 0 Å². The van der Waals surface area contributed by atoms with E-state index >= 15 is 0 Å². The first-order valence-electron chi connectivity index (χ1n) is 5.17. The van der Waals surface area contributed by atoms with Crippen molar-refractivity contribution in [2.45, 2.75) is 58.2 Å². The molecule has 0 aliphatic carbocycles. The minimum atomic E-state index is -0.0935. The van der Waals surface area contributed by atoms with E-state index in [1.54, 1.807) is 0 Å². The van der Waals surface area contributed by atoms with Gasteiger partial charge in [-0.2, -0.15) is 0 Å². The zero-order valence-corrected chi connectivity index (χ0v) is 9.73.